The lowest BCUT2D eigenvalue weighted by molar-refractivity contribution is 0.276. The maximum Gasteiger partial charge on any atom is 0.234 e. The van der Waals surface area contributed by atoms with Gasteiger partial charge in [-0.2, -0.15) is 16.7 Å². The summed E-state index contributed by atoms with van der Waals surface area (Å²) in [6, 6.07) is 0. The van der Waals surface area contributed by atoms with Crippen LogP contribution in [-0.4, -0.2) is 40.5 Å². The standard InChI is InChI=1S/C13H21N3OS2/c1-2-3-13(4-5-14-9-13)12-15-11(16-17-12)10-8-18-6-7-19-10/h10,14H,2-9H2,1H3. The van der Waals surface area contributed by atoms with Crippen molar-refractivity contribution in [2.75, 3.05) is 30.3 Å². The molecule has 0 radical (unpaired) electrons. The summed E-state index contributed by atoms with van der Waals surface area (Å²) in [5.41, 5.74) is 0.0898. The molecule has 2 fully saturated rings. The fourth-order valence-electron chi connectivity index (χ4n) is 2.94. The summed E-state index contributed by atoms with van der Waals surface area (Å²) < 4.78 is 5.63. The highest BCUT2D eigenvalue weighted by atomic mass is 32.2. The van der Waals surface area contributed by atoms with Crippen LogP contribution >= 0.6 is 23.5 Å². The second-order valence-corrected chi connectivity index (χ2v) is 7.81. The van der Waals surface area contributed by atoms with Gasteiger partial charge in [-0.3, -0.25) is 0 Å². The zero-order valence-corrected chi connectivity index (χ0v) is 13.0. The van der Waals surface area contributed by atoms with Crippen molar-refractivity contribution in [1.82, 2.24) is 15.5 Å². The predicted octanol–water partition coefficient (Wildman–Crippen LogP) is 2.62. The van der Waals surface area contributed by atoms with Gasteiger partial charge in [-0.25, -0.2) is 0 Å². The number of nitrogens with one attached hydrogen (secondary N) is 1. The second-order valence-electron chi connectivity index (χ2n) is 5.35. The van der Waals surface area contributed by atoms with E-state index in [1.54, 1.807) is 0 Å². The molecule has 2 unspecified atom stereocenters. The summed E-state index contributed by atoms with van der Waals surface area (Å²) >= 11 is 3.96. The molecular formula is C13H21N3OS2. The highest BCUT2D eigenvalue weighted by molar-refractivity contribution is 8.06. The molecule has 106 valence electrons. The molecule has 3 rings (SSSR count). The van der Waals surface area contributed by atoms with Gasteiger partial charge in [0.25, 0.3) is 0 Å². The summed E-state index contributed by atoms with van der Waals surface area (Å²) in [6.07, 6.45) is 3.41. The van der Waals surface area contributed by atoms with E-state index in [0.29, 0.717) is 5.25 Å². The Balaban J connectivity index is 1.79. The smallest absolute Gasteiger partial charge is 0.234 e. The Morgan fingerprint density at radius 2 is 2.42 bits per heavy atom. The third-order valence-electron chi connectivity index (χ3n) is 3.97. The van der Waals surface area contributed by atoms with Crippen molar-refractivity contribution in [2.24, 2.45) is 0 Å². The van der Waals surface area contributed by atoms with E-state index in [4.69, 9.17) is 9.51 Å². The Morgan fingerprint density at radius 3 is 3.11 bits per heavy atom. The van der Waals surface area contributed by atoms with E-state index in [1.807, 2.05) is 23.5 Å². The second kappa shape index (κ2) is 6.06. The lowest BCUT2D eigenvalue weighted by Crippen LogP contribution is -2.29. The maximum absolute atomic E-state index is 5.63. The van der Waals surface area contributed by atoms with Gasteiger partial charge in [0.15, 0.2) is 5.82 Å². The van der Waals surface area contributed by atoms with Gasteiger partial charge in [-0.15, -0.1) is 11.8 Å². The first kappa shape index (κ1) is 13.8. The van der Waals surface area contributed by atoms with E-state index >= 15 is 0 Å². The molecule has 6 heteroatoms. The van der Waals surface area contributed by atoms with Crippen LogP contribution < -0.4 is 5.32 Å². The van der Waals surface area contributed by atoms with Crippen molar-refractivity contribution in [3.63, 3.8) is 0 Å². The summed E-state index contributed by atoms with van der Waals surface area (Å²) in [5.74, 6) is 5.33. The van der Waals surface area contributed by atoms with Gasteiger partial charge >= 0.3 is 0 Å². The third kappa shape index (κ3) is 2.81. The van der Waals surface area contributed by atoms with Crippen molar-refractivity contribution < 1.29 is 4.52 Å². The number of hydrogen-bond donors (Lipinski definition) is 1. The Morgan fingerprint density at radius 1 is 1.47 bits per heavy atom. The molecular weight excluding hydrogens is 278 g/mol. The molecule has 2 aliphatic heterocycles. The number of hydrogen-bond acceptors (Lipinski definition) is 6. The van der Waals surface area contributed by atoms with Gasteiger partial charge in [0.1, 0.15) is 0 Å². The molecule has 0 bridgehead atoms. The van der Waals surface area contributed by atoms with Crippen LogP contribution in [0, 0.1) is 0 Å². The summed E-state index contributed by atoms with van der Waals surface area (Å²) in [6.45, 7) is 4.27. The highest BCUT2D eigenvalue weighted by Gasteiger charge is 2.40. The van der Waals surface area contributed by atoms with Crippen molar-refractivity contribution in [3.8, 4) is 0 Å². The molecule has 19 heavy (non-hydrogen) atoms. The van der Waals surface area contributed by atoms with Gasteiger partial charge in [0.2, 0.25) is 5.89 Å². The topological polar surface area (TPSA) is 51.0 Å². The molecule has 0 aliphatic carbocycles. The SMILES string of the molecule is CCCC1(c2nc(C3CSCCS3)no2)CCNC1. The normalized spacial score (nSPS) is 31.7. The van der Waals surface area contributed by atoms with Crippen LogP contribution in [0.5, 0.6) is 0 Å². The van der Waals surface area contributed by atoms with Crippen molar-refractivity contribution in [1.29, 1.82) is 0 Å². The van der Waals surface area contributed by atoms with Crippen molar-refractivity contribution >= 4 is 23.5 Å². The molecule has 0 spiro atoms. The third-order valence-corrected chi connectivity index (χ3v) is 6.72. The zero-order chi connectivity index (χ0) is 13.1. The van der Waals surface area contributed by atoms with Crippen LogP contribution in [0.2, 0.25) is 0 Å². The first-order valence-corrected chi connectivity index (χ1v) is 9.28. The number of nitrogens with zero attached hydrogens (tertiary/aromatic N) is 2. The van der Waals surface area contributed by atoms with E-state index < -0.39 is 0 Å². The molecule has 0 amide bonds. The predicted molar refractivity (Wildman–Crippen MR) is 80.9 cm³/mol. The van der Waals surface area contributed by atoms with Crippen molar-refractivity contribution in [3.05, 3.63) is 11.7 Å². The van der Waals surface area contributed by atoms with E-state index in [2.05, 4.69) is 17.4 Å². The summed E-state index contributed by atoms with van der Waals surface area (Å²) in [5, 5.41) is 8.13. The lowest BCUT2D eigenvalue weighted by atomic mass is 9.82. The number of rotatable bonds is 4. The average molecular weight is 299 g/mol. The van der Waals surface area contributed by atoms with Crippen LogP contribution in [0.1, 0.15) is 43.2 Å². The van der Waals surface area contributed by atoms with Crippen LogP contribution in [0.25, 0.3) is 0 Å². The first-order chi connectivity index (χ1) is 9.34. The summed E-state index contributed by atoms with van der Waals surface area (Å²) in [7, 11) is 0. The van der Waals surface area contributed by atoms with E-state index in [-0.39, 0.29) is 5.41 Å². The quantitative estimate of drug-likeness (QED) is 0.922. The Hall–Kier alpha value is -0.200. The Labute approximate surface area is 122 Å². The minimum atomic E-state index is 0.0898. The van der Waals surface area contributed by atoms with Gasteiger partial charge < -0.3 is 9.84 Å². The number of thioether (sulfide) groups is 2. The summed E-state index contributed by atoms with van der Waals surface area (Å²) in [4.78, 5) is 4.75. The largest absolute Gasteiger partial charge is 0.339 e. The van der Waals surface area contributed by atoms with Gasteiger partial charge in [0.05, 0.1) is 10.7 Å². The molecule has 4 nitrogen and oxygen atoms in total. The molecule has 1 aromatic heterocycles. The molecule has 0 saturated carbocycles. The van der Waals surface area contributed by atoms with Crippen LogP contribution in [-0.2, 0) is 5.41 Å². The highest BCUT2D eigenvalue weighted by Crippen LogP contribution is 2.38. The minimum Gasteiger partial charge on any atom is -0.339 e. The Bertz CT molecular complexity index is 412. The molecule has 0 aromatic carbocycles. The van der Waals surface area contributed by atoms with Crippen LogP contribution in [0.3, 0.4) is 0 Å². The van der Waals surface area contributed by atoms with E-state index in [0.717, 1.165) is 49.8 Å². The molecule has 2 saturated heterocycles. The zero-order valence-electron chi connectivity index (χ0n) is 11.4. The van der Waals surface area contributed by atoms with Gasteiger partial charge in [0, 0.05) is 23.8 Å². The molecule has 2 atom stereocenters. The average Bonchev–Trinajstić information content (AvgIpc) is 3.09. The fraction of sp³-hybridized carbons (Fsp3) is 0.846. The van der Waals surface area contributed by atoms with Crippen molar-refractivity contribution in [2.45, 2.75) is 36.9 Å². The van der Waals surface area contributed by atoms with E-state index in [1.165, 1.54) is 11.5 Å². The molecule has 2 aliphatic rings. The molecule has 1 aromatic rings. The van der Waals surface area contributed by atoms with Crippen LogP contribution in [0.15, 0.2) is 4.52 Å². The van der Waals surface area contributed by atoms with Gasteiger partial charge in [-0.1, -0.05) is 18.5 Å². The Kier molecular flexibility index (Phi) is 4.39. The molecule has 3 heterocycles. The monoisotopic (exact) mass is 299 g/mol. The fourth-order valence-corrected chi connectivity index (χ4v) is 5.53. The lowest BCUT2D eigenvalue weighted by Gasteiger charge is -2.22. The number of aromatic nitrogens is 2. The first-order valence-electron chi connectivity index (χ1n) is 7.08. The van der Waals surface area contributed by atoms with Crippen LogP contribution in [0.4, 0.5) is 0 Å². The maximum atomic E-state index is 5.63. The minimum absolute atomic E-state index is 0.0898. The van der Waals surface area contributed by atoms with E-state index in [9.17, 15) is 0 Å². The van der Waals surface area contributed by atoms with Gasteiger partial charge in [-0.05, 0) is 19.4 Å². The molecule has 1 N–H and O–H groups in total.